The predicted molar refractivity (Wildman–Crippen MR) is 492 cm³/mol. The fourth-order valence-corrected chi connectivity index (χ4v) is 83.7. The molecule has 0 radical (unpaired) electrons. The zero-order chi connectivity index (χ0) is 65.3. The zero-order valence-corrected chi connectivity index (χ0v) is 95.6. The standard InChI is InChI=1S/C14H30Si4.C7H24Si4.C6H18Si2.3C5H16Si2.3C4H14Si2.C3H12Si2/c1-15(2)11-17(5)13-18(12-16(3)4)14-9-7-6-8-10-14;1-10(2)6-8-5-9-7-11(3)4;1-7(2)5-6-8(3)4;1-6(2)5-7(3)4;2*1-6-4-5-7(2)3;2*1-5-4-6(2)3;1-6(2)4-3-5;1-5(2)3-4/h6-10,15-18H,11-13H2,1-5H3;10-11H,5-9H2,1-4H3;7-8H,5-6H2,1-4H3;6-7H,5H2,1-4H3;2*7H,4-6H2,1-3H3;2*6H,4-5H2,1-3H3;6H,3-4H2,1-2,5H3;5H,3H2,1-2,4H3. The summed E-state index contributed by atoms with van der Waals surface area (Å²) in [5.41, 5.74) is 16.8. The van der Waals surface area contributed by atoms with E-state index in [1.165, 1.54) is 26.5 Å². The lowest BCUT2D eigenvalue weighted by atomic mass is 10.4. The molecule has 81 heavy (non-hydrogen) atoms. The van der Waals surface area contributed by atoms with Gasteiger partial charge in [0.25, 0.3) is 0 Å². The summed E-state index contributed by atoms with van der Waals surface area (Å²) in [5.74, 6) is 0. The van der Waals surface area contributed by atoms with Gasteiger partial charge in [-0.25, -0.2) is 0 Å². The summed E-state index contributed by atoms with van der Waals surface area (Å²) in [6.45, 7) is 81.0. The Morgan fingerprint density at radius 2 is 0.617 bits per heavy atom. The Labute approximate surface area is 569 Å². The first-order chi connectivity index (χ1) is 37.5. The molecule has 498 valence electrons. The summed E-state index contributed by atoms with van der Waals surface area (Å²) in [4.78, 5) is 0. The van der Waals surface area contributed by atoms with Crippen LogP contribution in [0.15, 0.2) is 30.3 Å². The number of benzene rings is 1. The van der Waals surface area contributed by atoms with Crippen molar-refractivity contribution < 1.29 is 0 Å². The SMILES string of the molecule is C[SiH2]CC[SiH](C)C.C[SiH2]CC[SiH](C)C.C[SiH2]C[SiH](C)C.C[SiH2]C[SiH](C)C.C[SiH](C)CC[SiH3].C[SiH](C)CC[SiH](C)C.C[SiH](C)C[SiH2]C[SiH2]C[SiH](C)C.C[SiH](C)C[SiH3].C[SiH](C)C[SiH](C)C.C[SiH](C)C[SiH](C)C[SiH](C[SiH](C)C)c1ccccc1. The van der Waals surface area contributed by atoms with Crippen molar-refractivity contribution in [3.05, 3.63) is 30.3 Å². The van der Waals surface area contributed by atoms with Gasteiger partial charge >= 0.3 is 0 Å². The van der Waals surface area contributed by atoms with Crippen LogP contribution in [-0.2, 0) is 0 Å². The van der Waals surface area contributed by atoms with Gasteiger partial charge in [0.2, 0.25) is 0 Å². The topological polar surface area (TPSA) is 0 Å². The van der Waals surface area contributed by atoms with Gasteiger partial charge in [0.1, 0.15) is 0 Å². The molecule has 0 bridgehead atoms. The summed E-state index contributed by atoms with van der Waals surface area (Å²) in [6.07, 6.45) is 0. The van der Waals surface area contributed by atoms with Crippen LogP contribution in [0.25, 0.3) is 0 Å². The van der Waals surface area contributed by atoms with Gasteiger partial charge in [-0.3, -0.25) is 0 Å². The number of hydrogen-bond donors (Lipinski definition) is 0. The van der Waals surface area contributed by atoms with E-state index in [-0.39, 0.29) is 114 Å². The third kappa shape index (κ3) is 138. The fraction of sp³-hybridized carbons (Fsp3) is 0.895. The van der Waals surface area contributed by atoms with Crippen LogP contribution in [0.3, 0.4) is 0 Å². The maximum absolute atomic E-state index is 2.64. The molecular weight excluding hydrogens is 1360 g/mol. The van der Waals surface area contributed by atoms with Crippen molar-refractivity contribution in [1.29, 1.82) is 0 Å². The Bertz CT molecular complexity index is 1140. The van der Waals surface area contributed by atoms with Gasteiger partial charge in [-0.05, 0) is 10.2 Å². The van der Waals surface area contributed by atoms with E-state index in [1.54, 1.807) is 104 Å². The number of rotatable bonds is 31. The molecule has 0 saturated heterocycles. The number of hydrogen-bond acceptors (Lipinski definition) is 0. The van der Waals surface area contributed by atoms with Crippen LogP contribution in [-0.4, -0.2) is 218 Å². The van der Waals surface area contributed by atoms with Crippen LogP contribution in [0.5, 0.6) is 0 Å². The molecule has 0 fully saturated rings. The second kappa shape index (κ2) is 82.4. The van der Waals surface area contributed by atoms with Crippen molar-refractivity contribution >= 4 is 224 Å². The molecule has 0 aliphatic carbocycles. The minimum Gasteiger partial charge on any atom is -0.0750 e. The lowest BCUT2D eigenvalue weighted by Crippen LogP contribution is -2.37. The largest absolute Gasteiger partial charge is 0.0750 e. The smallest absolute Gasteiger partial charge is 0.0651 e. The Morgan fingerprint density at radius 1 is 0.309 bits per heavy atom. The quantitative estimate of drug-likeness (QED) is 0.0514. The summed E-state index contributed by atoms with van der Waals surface area (Å²) in [5, 5.41) is 1.75. The fourth-order valence-electron chi connectivity index (χ4n) is 8.90. The second-order valence-electron chi connectivity index (χ2n) is 30.9. The maximum Gasteiger partial charge on any atom is 0.0651 e. The van der Waals surface area contributed by atoms with Gasteiger partial charge in [-0.2, -0.15) is 0 Å². The van der Waals surface area contributed by atoms with E-state index < -0.39 is 26.4 Å². The molecule has 1 aromatic rings. The minimum absolute atomic E-state index is 0.0880. The van der Waals surface area contributed by atoms with E-state index >= 15 is 0 Å². The molecule has 0 aliphatic rings. The zero-order valence-electron chi connectivity index (χ0n) is 64.6. The third-order valence-electron chi connectivity index (χ3n) is 13.6. The Kier molecular flexibility index (Phi) is 106. The van der Waals surface area contributed by atoms with Gasteiger partial charge < -0.3 is 0 Å². The second-order valence-corrected chi connectivity index (χ2v) is 108. The van der Waals surface area contributed by atoms with E-state index in [0.29, 0.717) is 57.1 Å². The summed E-state index contributed by atoms with van der Waals surface area (Å²) in [7, 11) is 1.97. The lowest BCUT2D eigenvalue weighted by Gasteiger charge is -2.21. The Morgan fingerprint density at radius 3 is 0.790 bits per heavy atom. The molecule has 24 heteroatoms. The highest BCUT2D eigenvalue weighted by Crippen LogP contribution is 2.11. The minimum atomic E-state index is -0.621. The van der Waals surface area contributed by atoms with Gasteiger partial charge in [0, 0.05) is 199 Å². The first-order valence-electron chi connectivity index (χ1n) is 36.5. The third-order valence-corrected chi connectivity index (χ3v) is 92.0. The molecule has 0 spiro atoms. The van der Waals surface area contributed by atoms with Gasteiger partial charge in [0.15, 0.2) is 0 Å². The van der Waals surface area contributed by atoms with Crippen LogP contribution >= 0.6 is 0 Å². The average Bonchev–Trinajstić information content (AvgIpc) is 3.32. The molecule has 0 N–H and O–H groups in total. The van der Waals surface area contributed by atoms with Crippen LogP contribution < -0.4 is 5.19 Å². The van der Waals surface area contributed by atoms with Crippen molar-refractivity contribution in [3.63, 3.8) is 0 Å². The van der Waals surface area contributed by atoms with Crippen LogP contribution in [0.1, 0.15) is 0 Å². The van der Waals surface area contributed by atoms with Crippen molar-refractivity contribution in [2.45, 2.75) is 321 Å². The summed E-state index contributed by atoms with van der Waals surface area (Å²) >= 11 is 0. The van der Waals surface area contributed by atoms with Crippen LogP contribution in [0, 0.1) is 0 Å². The van der Waals surface area contributed by atoms with Gasteiger partial charge in [-0.1, -0.05) is 357 Å². The van der Waals surface area contributed by atoms with E-state index in [0.717, 1.165) is 0 Å². The van der Waals surface area contributed by atoms with Crippen molar-refractivity contribution in [3.8, 4) is 0 Å². The van der Waals surface area contributed by atoms with Crippen molar-refractivity contribution in [1.82, 2.24) is 0 Å². The van der Waals surface area contributed by atoms with E-state index in [9.17, 15) is 0 Å². The first kappa shape index (κ1) is 104. The molecular formula is C57H174Si24. The molecule has 0 aromatic heterocycles. The highest BCUT2D eigenvalue weighted by atomic mass is 28.4. The van der Waals surface area contributed by atoms with E-state index in [4.69, 9.17) is 0 Å². The van der Waals surface area contributed by atoms with Crippen LogP contribution in [0.2, 0.25) is 321 Å². The van der Waals surface area contributed by atoms with Crippen molar-refractivity contribution in [2.75, 3.05) is 0 Å². The Balaban J connectivity index is -0.000000105. The molecule has 1 aromatic carbocycles. The monoisotopic (exact) mass is 1530 g/mol. The lowest BCUT2D eigenvalue weighted by molar-refractivity contribution is 1.35. The van der Waals surface area contributed by atoms with Gasteiger partial charge in [-0.15, -0.1) is 0 Å². The summed E-state index contributed by atoms with van der Waals surface area (Å²) < 4.78 is 0. The normalized spacial score (nSPS) is 12.5. The molecule has 0 amide bonds. The molecule has 0 saturated carbocycles. The van der Waals surface area contributed by atoms with Crippen molar-refractivity contribution in [2.24, 2.45) is 0 Å². The van der Waals surface area contributed by atoms with Gasteiger partial charge in [0.05, 0.1) is 8.80 Å². The van der Waals surface area contributed by atoms with E-state index in [2.05, 4.69) is 246 Å². The highest BCUT2D eigenvalue weighted by Gasteiger charge is 2.20. The molecule has 0 heterocycles. The molecule has 2 unspecified atom stereocenters. The molecule has 1 rings (SSSR count). The highest BCUT2D eigenvalue weighted by molar-refractivity contribution is 6.93. The van der Waals surface area contributed by atoms with Crippen LogP contribution in [0.4, 0.5) is 0 Å². The molecule has 2 atom stereocenters. The first-order valence-corrected chi connectivity index (χ1v) is 102. The predicted octanol–water partition coefficient (Wildman–Crippen LogP) is 10.2. The maximum atomic E-state index is 2.64. The van der Waals surface area contributed by atoms with E-state index in [1.807, 2.05) is 0 Å². The Hall–Kier alpha value is 4.43. The molecule has 0 aliphatic heterocycles. The summed E-state index contributed by atoms with van der Waals surface area (Å²) in [6, 6.07) is 24.2. The average molecular weight is 1530 g/mol. The molecule has 0 nitrogen and oxygen atoms in total.